The number of hydrogen-bond donors (Lipinski definition) is 2. The second-order valence-electron chi connectivity index (χ2n) is 6.32. The second-order valence-corrected chi connectivity index (χ2v) is 7.14. The molecule has 3 N–H and O–H groups in total. The molecule has 0 saturated carbocycles. The summed E-state index contributed by atoms with van der Waals surface area (Å²) >= 11 is 12.9. The van der Waals surface area contributed by atoms with Gasteiger partial charge in [-0.3, -0.25) is 0 Å². The average Bonchev–Trinajstić information content (AvgIpc) is 3.02. The highest BCUT2D eigenvalue weighted by molar-refractivity contribution is 6.36. The molecule has 1 aromatic heterocycles. The van der Waals surface area contributed by atoms with Crippen LogP contribution in [0.25, 0.3) is 0 Å². The minimum atomic E-state index is -0.177. The zero-order valence-electron chi connectivity index (χ0n) is 14.7. The summed E-state index contributed by atoms with van der Waals surface area (Å²) in [6.07, 6.45) is 0.702. The number of rotatable bonds is 4. The van der Waals surface area contributed by atoms with Gasteiger partial charge in [0.25, 0.3) is 0 Å². The van der Waals surface area contributed by atoms with Crippen LogP contribution in [0.4, 0.5) is 11.9 Å². The number of nitrogen functional groups attached to an aromatic ring is 1. The maximum atomic E-state index is 6.47. The summed E-state index contributed by atoms with van der Waals surface area (Å²) < 4.78 is 7.29. The quantitative estimate of drug-likeness (QED) is 0.659. The molecular weight excluding hydrogens is 385 g/mol. The molecule has 0 radical (unpaired) electrons. The lowest BCUT2D eigenvalue weighted by molar-refractivity contribution is 0.340. The fourth-order valence-electron chi connectivity index (χ4n) is 3.45. The lowest BCUT2D eigenvalue weighted by Crippen LogP contribution is -2.28. The van der Waals surface area contributed by atoms with Gasteiger partial charge in [-0.2, -0.15) is 4.98 Å². The first-order chi connectivity index (χ1) is 13.1. The molecule has 140 valence electrons. The van der Waals surface area contributed by atoms with Gasteiger partial charge in [-0.15, -0.1) is 5.10 Å². The number of nitrogens with two attached hydrogens (primary N) is 1. The first-order valence-corrected chi connectivity index (χ1v) is 9.47. The van der Waals surface area contributed by atoms with Gasteiger partial charge in [0.05, 0.1) is 18.7 Å². The summed E-state index contributed by atoms with van der Waals surface area (Å²) in [6, 6.07) is 13.3. The molecule has 4 rings (SSSR count). The van der Waals surface area contributed by atoms with Gasteiger partial charge in [0.2, 0.25) is 11.9 Å². The third-order valence-corrected chi connectivity index (χ3v) is 5.29. The van der Waals surface area contributed by atoms with Crippen molar-refractivity contribution in [2.45, 2.75) is 25.4 Å². The van der Waals surface area contributed by atoms with Crippen molar-refractivity contribution >= 4 is 35.1 Å². The third-order valence-electron chi connectivity index (χ3n) is 4.63. The standard InChI is InChI=1S/C19H19Cl2N5O/c1-2-27-12-8-6-11(7-9-12)15-10-16(17-13(20)4-3-5-14(17)21)26-19(23-15)24-18(22)25-26/h3-9,15-16H,2,10H2,1H3,(H3,22,23,24,25). The Hall–Kier alpha value is -2.44. The van der Waals surface area contributed by atoms with Crippen LogP contribution in [0.15, 0.2) is 42.5 Å². The number of anilines is 2. The van der Waals surface area contributed by atoms with Crippen molar-refractivity contribution in [3.05, 3.63) is 63.6 Å². The van der Waals surface area contributed by atoms with Crippen LogP contribution in [0.3, 0.4) is 0 Å². The van der Waals surface area contributed by atoms with Crippen molar-refractivity contribution in [1.82, 2.24) is 14.8 Å². The largest absolute Gasteiger partial charge is 0.494 e. The first kappa shape index (κ1) is 17.9. The van der Waals surface area contributed by atoms with E-state index in [4.69, 9.17) is 33.7 Å². The van der Waals surface area contributed by atoms with E-state index in [1.54, 1.807) is 4.68 Å². The Labute approximate surface area is 167 Å². The summed E-state index contributed by atoms with van der Waals surface area (Å²) in [4.78, 5) is 4.32. The SMILES string of the molecule is CCOc1ccc(C2CC(c3c(Cl)cccc3Cl)n3nc(N)nc3N2)cc1. The average molecular weight is 404 g/mol. The fourth-order valence-corrected chi connectivity index (χ4v) is 4.09. The lowest BCUT2D eigenvalue weighted by atomic mass is 9.93. The van der Waals surface area contributed by atoms with E-state index in [1.165, 1.54) is 0 Å². The summed E-state index contributed by atoms with van der Waals surface area (Å²) in [5.41, 5.74) is 7.78. The third kappa shape index (κ3) is 3.42. The Bertz CT molecular complexity index is 937. The van der Waals surface area contributed by atoms with Crippen molar-refractivity contribution in [3.8, 4) is 5.75 Å². The summed E-state index contributed by atoms with van der Waals surface area (Å²) in [5.74, 6) is 1.65. The molecule has 1 aliphatic heterocycles. The highest BCUT2D eigenvalue weighted by Crippen LogP contribution is 2.42. The van der Waals surface area contributed by atoms with Crippen molar-refractivity contribution in [2.75, 3.05) is 17.7 Å². The molecular formula is C19H19Cl2N5O. The number of halogens is 2. The molecule has 6 nitrogen and oxygen atoms in total. The molecule has 2 heterocycles. The van der Waals surface area contributed by atoms with Gasteiger partial charge in [0.1, 0.15) is 5.75 Å². The predicted octanol–water partition coefficient (Wildman–Crippen LogP) is 4.71. The van der Waals surface area contributed by atoms with Crippen LogP contribution in [-0.2, 0) is 0 Å². The van der Waals surface area contributed by atoms with Gasteiger partial charge in [-0.05, 0) is 43.2 Å². The highest BCUT2D eigenvalue weighted by Gasteiger charge is 2.33. The first-order valence-electron chi connectivity index (χ1n) is 8.72. The summed E-state index contributed by atoms with van der Waals surface area (Å²) in [7, 11) is 0. The molecule has 0 bridgehead atoms. The predicted molar refractivity (Wildman–Crippen MR) is 108 cm³/mol. The van der Waals surface area contributed by atoms with Crippen molar-refractivity contribution in [1.29, 1.82) is 0 Å². The van der Waals surface area contributed by atoms with Crippen LogP contribution < -0.4 is 15.8 Å². The molecule has 27 heavy (non-hydrogen) atoms. The molecule has 0 fully saturated rings. The van der Waals surface area contributed by atoms with E-state index in [1.807, 2.05) is 49.4 Å². The minimum absolute atomic E-state index is 0.00844. The zero-order chi connectivity index (χ0) is 19.0. The van der Waals surface area contributed by atoms with E-state index in [-0.39, 0.29) is 18.0 Å². The van der Waals surface area contributed by atoms with Gasteiger partial charge in [-0.25, -0.2) is 4.68 Å². The number of fused-ring (bicyclic) bond motifs is 1. The molecule has 3 aromatic rings. The smallest absolute Gasteiger partial charge is 0.241 e. The number of aromatic nitrogens is 3. The van der Waals surface area contributed by atoms with Gasteiger partial charge in [0.15, 0.2) is 0 Å². The Balaban J connectivity index is 1.73. The van der Waals surface area contributed by atoms with Crippen molar-refractivity contribution < 1.29 is 4.74 Å². The second kappa shape index (κ2) is 7.29. The van der Waals surface area contributed by atoms with Crippen molar-refractivity contribution in [2.24, 2.45) is 0 Å². The number of ether oxygens (including phenoxy) is 1. The molecule has 2 unspecified atom stereocenters. The van der Waals surface area contributed by atoms with E-state index in [0.717, 1.165) is 16.9 Å². The Morgan fingerprint density at radius 1 is 1.19 bits per heavy atom. The minimum Gasteiger partial charge on any atom is -0.494 e. The number of benzene rings is 2. The fraction of sp³-hybridized carbons (Fsp3) is 0.263. The Morgan fingerprint density at radius 2 is 1.89 bits per heavy atom. The van der Waals surface area contributed by atoms with Gasteiger partial charge < -0.3 is 15.8 Å². The molecule has 0 aliphatic carbocycles. The monoisotopic (exact) mass is 403 g/mol. The van der Waals surface area contributed by atoms with Crippen LogP contribution in [0.2, 0.25) is 10.0 Å². The van der Waals surface area contributed by atoms with Gasteiger partial charge in [0, 0.05) is 15.6 Å². The summed E-state index contributed by atoms with van der Waals surface area (Å²) in [6.45, 7) is 2.60. The summed E-state index contributed by atoms with van der Waals surface area (Å²) in [5, 5.41) is 8.94. The maximum absolute atomic E-state index is 6.47. The van der Waals surface area contributed by atoms with E-state index in [0.29, 0.717) is 29.0 Å². The van der Waals surface area contributed by atoms with E-state index in [2.05, 4.69) is 15.4 Å². The van der Waals surface area contributed by atoms with E-state index < -0.39 is 0 Å². The van der Waals surface area contributed by atoms with Crippen molar-refractivity contribution in [3.63, 3.8) is 0 Å². The van der Waals surface area contributed by atoms with Crippen LogP contribution in [0.1, 0.15) is 36.6 Å². The molecule has 1 aliphatic rings. The van der Waals surface area contributed by atoms with Crippen LogP contribution in [0.5, 0.6) is 5.75 Å². The number of nitrogens with zero attached hydrogens (tertiary/aromatic N) is 3. The zero-order valence-corrected chi connectivity index (χ0v) is 16.2. The normalized spacial score (nSPS) is 18.6. The Morgan fingerprint density at radius 3 is 2.56 bits per heavy atom. The molecule has 2 aromatic carbocycles. The molecule has 2 atom stereocenters. The van der Waals surface area contributed by atoms with Gasteiger partial charge >= 0.3 is 0 Å². The van der Waals surface area contributed by atoms with Crippen LogP contribution in [-0.4, -0.2) is 21.4 Å². The molecule has 0 saturated heterocycles. The molecule has 8 heteroatoms. The van der Waals surface area contributed by atoms with Gasteiger partial charge in [-0.1, -0.05) is 41.4 Å². The molecule has 0 amide bonds. The van der Waals surface area contributed by atoms with E-state index in [9.17, 15) is 0 Å². The molecule has 0 spiro atoms. The number of nitrogens with one attached hydrogen (secondary N) is 1. The topological polar surface area (TPSA) is 78.0 Å². The Kier molecular flexibility index (Phi) is 4.85. The highest BCUT2D eigenvalue weighted by atomic mass is 35.5. The number of hydrogen-bond acceptors (Lipinski definition) is 5. The van der Waals surface area contributed by atoms with E-state index >= 15 is 0 Å². The lowest BCUT2D eigenvalue weighted by Gasteiger charge is -2.32. The van der Waals surface area contributed by atoms with Crippen LogP contribution in [0, 0.1) is 0 Å². The van der Waals surface area contributed by atoms with Crippen LogP contribution >= 0.6 is 23.2 Å². The maximum Gasteiger partial charge on any atom is 0.241 e.